The highest BCUT2D eigenvalue weighted by molar-refractivity contribution is 7.16. The fraction of sp³-hybridized carbons (Fsp3) is 0.167. The van der Waals surface area contributed by atoms with Crippen LogP contribution in [0.1, 0.15) is 91.2 Å². The van der Waals surface area contributed by atoms with Gasteiger partial charge in [-0.3, -0.25) is 24.4 Å². The van der Waals surface area contributed by atoms with E-state index in [4.69, 9.17) is 9.52 Å². The number of piperidine rings is 2. The van der Waals surface area contributed by atoms with Gasteiger partial charge >= 0.3 is 5.97 Å². The highest BCUT2D eigenvalue weighted by atomic mass is 32.1. The van der Waals surface area contributed by atoms with Crippen LogP contribution in [-0.2, 0) is 24.7 Å². The molecule has 1 aliphatic carbocycles. The van der Waals surface area contributed by atoms with Gasteiger partial charge in [0.1, 0.15) is 17.6 Å². The molecule has 0 amide bonds. The summed E-state index contributed by atoms with van der Waals surface area (Å²) in [6.45, 7) is 3.78. The summed E-state index contributed by atoms with van der Waals surface area (Å²) >= 11 is 1.68. The largest absolute Gasteiger partial charge is 0.481 e. The summed E-state index contributed by atoms with van der Waals surface area (Å²) in [5.41, 5.74) is 16.3. The van der Waals surface area contributed by atoms with Gasteiger partial charge in [0.05, 0.1) is 52.1 Å². The molecule has 8 aromatic heterocycles. The van der Waals surface area contributed by atoms with E-state index in [-0.39, 0.29) is 28.7 Å². The Morgan fingerprint density at radius 2 is 0.935 bits per heavy atom. The first kappa shape index (κ1) is 107. The Kier molecular flexibility index (Phi) is 51.8. The maximum atomic E-state index is 10.5. The summed E-state index contributed by atoms with van der Waals surface area (Å²) in [7, 11) is 1.86. The van der Waals surface area contributed by atoms with E-state index in [0.717, 1.165) is 74.0 Å². The molecule has 138 heavy (non-hydrogen) atoms. The van der Waals surface area contributed by atoms with Crippen LogP contribution in [0.4, 0.5) is 5.69 Å². The van der Waals surface area contributed by atoms with E-state index < -0.39 is 5.97 Å². The summed E-state index contributed by atoms with van der Waals surface area (Å²) in [5, 5.41) is 29.7. The standard InChI is InChI=1S/C14H12O2.C12H10.C10H8.C9H9N3.C9H17N.C9H7N.2C8H7N.C8H6O.C7H5NS.C6H6.C5H11N.C5H5N.C4H4N2.C3H4N2.3CH4/c15-14(16)10-11-6-8-13(9-7-11)12-4-2-1-3-5-12;1-3-7-11(8-4-1)12-9-5-2-6-10-12;1-2-6-10-8-4-3-7-9(10)5-1;1-12-7-9(10-11-12)8-5-3-2-4-6-8;2*1-2-6-9-8(4-1)5-3-7-10-9;3*1-2-4-8-7(3-1)5-6-9-8;1-2-4-7-6(3-1)8-5-9-7;3*1-2-4-6-5-3-1;1-2-5-4-6-3-1;1-2-5-3-4-1;;;/h1-9H,10H2,(H,15,16);1-10H;1-8H;2-7H,1H3;8-10H,1-7H2;1-7H;1-4,6H,5H2;1-6,9H;1-6H;1-5H;1-6H;6H,1-5H2;1-5H;1-4H;1-3H,(H,4,5);3*1H4. The average Bonchev–Trinajstić information content (AvgIpc) is 1.85. The topological polar surface area (TPSA) is 226 Å². The Labute approximate surface area is 819 Å². The lowest BCUT2D eigenvalue weighted by Crippen LogP contribution is -2.42. The number of aromatic amines is 2. The van der Waals surface area contributed by atoms with Gasteiger partial charge in [-0.2, -0.15) is 0 Å². The number of carbonyl (C=O) groups is 1. The molecule has 18 heteroatoms. The summed E-state index contributed by atoms with van der Waals surface area (Å²) < 4.78 is 8.08. The van der Waals surface area contributed by atoms with Gasteiger partial charge in [0.2, 0.25) is 0 Å². The van der Waals surface area contributed by atoms with E-state index in [0.29, 0.717) is 0 Å². The quantitative estimate of drug-likeness (QED) is 0.108. The van der Waals surface area contributed by atoms with Crippen molar-refractivity contribution in [3.63, 3.8) is 0 Å². The third kappa shape index (κ3) is 41.7. The molecule has 21 aromatic rings. The number of hydrogen-bond donors (Lipinski definition) is 5. The first-order valence-corrected chi connectivity index (χ1v) is 46.6. The number of aromatic nitrogens is 11. The van der Waals surface area contributed by atoms with Crippen molar-refractivity contribution in [1.82, 2.24) is 65.5 Å². The van der Waals surface area contributed by atoms with E-state index in [2.05, 4.69) is 205 Å². The number of fused-ring (bicyclic) bond motifs is 7. The van der Waals surface area contributed by atoms with Gasteiger partial charge in [0.15, 0.2) is 0 Å². The lowest BCUT2D eigenvalue weighted by molar-refractivity contribution is -0.136. The zero-order chi connectivity index (χ0) is 93.4. The van der Waals surface area contributed by atoms with Crippen LogP contribution >= 0.6 is 11.3 Å². The number of aryl methyl sites for hydroxylation is 1. The summed E-state index contributed by atoms with van der Waals surface area (Å²) in [5.74, 6) is 0.245. The monoisotopic (exact) mass is 1850 g/mol. The number of aliphatic imine (C=N–C) groups is 1. The molecule has 13 aromatic carbocycles. The van der Waals surface area contributed by atoms with Gasteiger partial charge in [-0.05, 0) is 186 Å². The Balaban J connectivity index is 0.000000183. The zero-order valence-corrected chi connectivity index (χ0v) is 77.2. The molecular weight excluding hydrogens is 1720 g/mol. The number of nitrogens with zero attached hydrogens (tertiary/aromatic N) is 10. The predicted molar refractivity (Wildman–Crippen MR) is 581 cm³/mol. The number of H-pyrrole nitrogens is 2. The Morgan fingerprint density at radius 1 is 0.420 bits per heavy atom. The summed E-state index contributed by atoms with van der Waals surface area (Å²) in [6.07, 6.45) is 36.9. The third-order valence-electron chi connectivity index (χ3n) is 21.1. The molecule has 2 saturated heterocycles. The van der Waals surface area contributed by atoms with Crippen LogP contribution in [-0.4, -0.2) is 97.8 Å². The van der Waals surface area contributed by atoms with Gasteiger partial charge in [0, 0.05) is 97.2 Å². The maximum Gasteiger partial charge on any atom is 0.307 e. The van der Waals surface area contributed by atoms with Crippen molar-refractivity contribution < 1.29 is 14.3 Å². The van der Waals surface area contributed by atoms with Gasteiger partial charge in [-0.25, -0.2) is 19.9 Å². The van der Waals surface area contributed by atoms with Crippen LogP contribution in [0.3, 0.4) is 0 Å². The highest BCUT2D eigenvalue weighted by Crippen LogP contribution is 2.31. The molecule has 4 aliphatic rings. The first-order valence-electron chi connectivity index (χ1n) is 45.7. The molecule has 25 rings (SSSR count). The molecule has 3 aliphatic heterocycles. The minimum absolute atomic E-state index is 0. The van der Waals surface area contributed by atoms with Crippen LogP contribution in [0.2, 0.25) is 0 Å². The minimum atomic E-state index is -0.799. The summed E-state index contributed by atoms with van der Waals surface area (Å²) in [4.78, 5) is 43.7. The van der Waals surface area contributed by atoms with Crippen molar-refractivity contribution in [2.75, 3.05) is 19.6 Å². The second-order valence-corrected chi connectivity index (χ2v) is 31.8. The van der Waals surface area contributed by atoms with Crippen molar-refractivity contribution >= 4 is 83.0 Å². The Morgan fingerprint density at radius 3 is 1.43 bits per heavy atom. The van der Waals surface area contributed by atoms with Crippen LogP contribution in [0, 0.1) is 5.92 Å². The van der Waals surface area contributed by atoms with Gasteiger partial charge in [0.25, 0.3) is 0 Å². The van der Waals surface area contributed by atoms with Crippen LogP contribution in [0.15, 0.2) is 490 Å². The van der Waals surface area contributed by atoms with Crippen LogP contribution in [0.25, 0.3) is 87.3 Å². The number of para-hydroxylation sites is 5. The van der Waals surface area contributed by atoms with Crippen molar-refractivity contribution in [2.24, 2.45) is 18.0 Å². The number of carboxylic acids is 1. The van der Waals surface area contributed by atoms with E-state index in [1.165, 1.54) is 132 Å². The minimum Gasteiger partial charge on any atom is -0.481 e. The molecule has 1 saturated carbocycles. The van der Waals surface area contributed by atoms with E-state index >= 15 is 0 Å². The number of imidazole rings is 1. The van der Waals surface area contributed by atoms with E-state index in [1.807, 2.05) is 292 Å². The molecule has 3 fully saturated rings. The number of furan rings is 1. The second-order valence-electron chi connectivity index (χ2n) is 30.9. The molecule has 17 nitrogen and oxygen atoms in total. The highest BCUT2D eigenvalue weighted by Gasteiger charge is 2.26. The molecule has 0 bridgehead atoms. The van der Waals surface area contributed by atoms with Crippen molar-refractivity contribution in [2.45, 2.75) is 99.0 Å². The fourth-order valence-electron chi connectivity index (χ4n) is 14.3. The Hall–Kier alpha value is -15.9. The number of aliphatic carboxylic acids is 1. The number of hydrogen-bond acceptors (Lipinski definition) is 14. The molecule has 2 unspecified atom stereocenters. The number of thiazole rings is 1. The lowest BCUT2D eigenvalue weighted by Gasteiger charge is -2.36. The molecule has 5 N–H and O–H groups in total. The predicted octanol–water partition coefficient (Wildman–Crippen LogP) is 30.0. The number of carboxylic acid groups (broad SMARTS) is 1. The fourth-order valence-corrected chi connectivity index (χ4v) is 15.0. The Bertz CT molecular complexity index is 5900. The molecular formula is C120H130N14O3S. The molecule has 704 valence electrons. The van der Waals surface area contributed by atoms with Gasteiger partial charge < -0.3 is 30.1 Å². The zero-order valence-electron chi connectivity index (χ0n) is 76.4. The summed E-state index contributed by atoms with van der Waals surface area (Å²) in [6, 6.07) is 134. The molecule has 0 radical (unpaired) electrons. The maximum absolute atomic E-state index is 10.5. The van der Waals surface area contributed by atoms with E-state index in [9.17, 15) is 4.79 Å². The number of nitrogens with one attached hydrogen (secondary N) is 4. The second kappa shape index (κ2) is 66.5. The average molecular weight is 1850 g/mol. The smallest absolute Gasteiger partial charge is 0.307 e. The SMILES string of the molecule is C.C.C.C1=Nc2ccccc2C1.C1CCC2NCCCC2C1.C1CCNCC1.Cn1cc(-c2ccccc2)nn1.O=C(O)Cc1ccc(-c2ccccc2)cc1.c1c[nH]cn1.c1ccc(-c2ccccc2)cc1.c1ccc2[nH]ccc2c1.c1ccc2ccccc2c1.c1ccc2ncccc2c1.c1ccc2occc2c1.c1ccc2scnc2c1.c1ccccc1.c1ccncc1.c1cncnc1. The molecule has 2 atom stereocenters. The van der Waals surface area contributed by atoms with E-state index in [1.54, 1.807) is 71.9 Å². The van der Waals surface area contributed by atoms with Crippen LogP contribution in [0.5, 0.6) is 0 Å². The number of benzene rings is 13. The number of pyridine rings is 2. The molecule has 0 spiro atoms. The lowest BCUT2D eigenvalue weighted by atomic mass is 9.80. The molecule has 11 heterocycles. The van der Waals surface area contributed by atoms with Crippen molar-refractivity contribution in [3.05, 3.63) is 492 Å². The first-order chi connectivity index (χ1) is 66.8. The normalized spacial score (nSPS) is 12.6. The van der Waals surface area contributed by atoms with Crippen LogP contribution < -0.4 is 10.6 Å². The van der Waals surface area contributed by atoms with Gasteiger partial charge in [-0.15, -0.1) is 16.4 Å². The number of rotatable bonds is 5. The third-order valence-corrected chi connectivity index (χ3v) is 21.9. The van der Waals surface area contributed by atoms with Crippen molar-refractivity contribution in [1.29, 1.82) is 0 Å². The van der Waals surface area contributed by atoms with Crippen molar-refractivity contribution in [3.8, 4) is 33.5 Å². The van der Waals surface area contributed by atoms with Gasteiger partial charge in [-0.1, -0.05) is 374 Å².